The van der Waals surface area contributed by atoms with E-state index in [2.05, 4.69) is 22.2 Å². The second kappa shape index (κ2) is 6.83. The van der Waals surface area contributed by atoms with Gasteiger partial charge in [-0.05, 0) is 23.6 Å². The summed E-state index contributed by atoms with van der Waals surface area (Å²) < 4.78 is 3.13. The molecule has 138 valence electrons. The zero-order chi connectivity index (χ0) is 19.0. The molecule has 1 aromatic carbocycles. The topological polar surface area (TPSA) is 73.0 Å². The van der Waals surface area contributed by atoms with E-state index in [1.165, 1.54) is 22.5 Å². The third kappa shape index (κ3) is 3.40. The Morgan fingerprint density at radius 1 is 1.30 bits per heavy atom. The number of rotatable bonds is 3. The number of aryl methyl sites for hydroxylation is 2. The zero-order valence-corrected chi connectivity index (χ0v) is 15.4. The smallest absolute Gasteiger partial charge is 0.253 e. The lowest BCUT2D eigenvalue weighted by molar-refractivity contribution is -0.133. The maximum absolute atomic E-state index is 12.9. The number of fused-ring (bicyclic) bond motifs is 1. The van der Waals surface area contributed by atoms with Crippen LogP contribution in [0.2, 0.25) is 0 Å². The summed E-state index contributed by atoms with van der Waals surface area (Å²) in [5.74, 6) is -0.0217. The lowest BCUT2D eigenvalue weighted by Crippen LogP contribution is -2.41. The van der Waals surface area contributed by atoms with Crippen molar-refractivity contribution in [2.24, 2.45) is 7.05 Å². The van der Waals surface area contributed by atoms with Gasteiger partial charge in [0.25, 0.3) is 5.56 Å². The molecule has 1 amide bonds. The van der Waals surface area contributed by atoms with E-state index in [4.69, 9.17) is 0 Å². The Morgan fingerprint density at radius 2 is 2.11 bits per heavy atom. The van der Waals surface area contributed by atoms with E-state index in [0.717, 1.165) is 11.1 Å². The Bertz CT molecular complexity index is 1050. The first kappa shape index (κ1) is 17.2. The molecule has 0 fully saturated rings. The van der Waals surface area contributed by atoms with Crippen LogP contribution in [0.15, 0.2) is 53.8 Å². The zero-order valence-electron chi connectivity index (χ0n) is 15.4. The van der Waals surface area contributed by atoms with Crippen molar-refractivity contribution in [1.82, 2.24) is 24.2 Å². The van der Waals surface area contributed by atoms with Gasteiger partial charge < -0.3 is 4.90 Å². The minimum atomic E-state index is -0.211. The van der Waals surface area contributed by atoms with Crippen molar-refractivity contribution in [2.45, 2.75) is 25.9 Å². The highest BCUT2D eigenvalue weighted by Crippen LogP contribution is 2.33. The molecule has 0 aliphatic carbocycles. The maximum atomic E-state index is 12.9. The number of nitrogens with zero attached hydrogens (tertiary/aromatic N) is 5. The van der Waals surface area contributed by atoms with E-state index < -0.39 is 0 Å². The molecule has 0 saturated heterocycles. The fourth-order valence-electron chi connectivity index (χ4n) is 3.58. The Labute approximate surface area is 156 Å². The van der Waals surface area contributed by atoms with Crippen LogP contribution < -0.4 is 5.56 Å². The summed E-state index contributed by atoms with van der Waals surface area (Å²) in [5, 5.41) is 4.28. The first-order valence-corrected chi connectivity index (χ1v) is 8.88. The summed E-state index contributed by atoms with van der Waals surface area (Å²) in [4.78, 5) is 30.9. The summed E-state index contributed by atoms with van der Waals surface area (Å²) in [6.45, 7) is 2.86. The first-order chi connectivity index (χ1) is 13.0. The van der Waals surface area contributed by atoms with Gasteiger partial charge in [0.15, 0.2) is 0 Å². The minimum absolute atomic E-state index is 0.00591. The van der Waals surface area contributed by atoms with Gasteiger partial charge in [-0.15, -0.1) is 0 Å². The molecular weight excluding hydrogens is 342 g/mol. The largest absolute Gasteiger partial charge is 0.336 e. The number of amides is 1. The molecule has 1 unspecified atom stereocenters. The Balaban J connectivity index is 1.62. The average molecular weight is 363 g/mol. The number of hydrogen-bond acceptors (Lipinski definition) is 4. The normalized spacial score (nSPS) is 16.2. The minimum Gasteiger partial charge on any atom is -0.336 e. The number of carbonyl (C=O) groups is 1. The predicted molar refractivity (Wildman–Crippen MR) is 100 cm³/mol. The molecule has 3 heterocycles. The summed E-state index contributed by atoms with van der Waals surface area (Å²) in [6.07, 6.45) is 5.28. The highest BCUT2D eigenvalue weighted by Gasteiger charge is 2.29. The SMILES string of the molecule is Cc1cc(=O)n(CC(=O)N2Cc3ccccc3C(c3cnn(C)c3)C2)cn1. The van der Waals surface area contributed by atoms with Crippen LogP contribution in [0.5, 0.6) is 0 Å². The van der Waals surface area contributed by atoms with Crippen LogP contribution in [-0.2, 0) is 24.9 Å². The van der Waals surface area contributed by atoms with Crippen molar-refractivity contribution in [3.63, 3.8) is 0 Å². The second-order valence-electron chi connectivity index (χ2n) is 6.97. The van der Waals surface area contributed by atoms with Gasteiger partial charge in [-0.1, -0.05) is 24.3 Å². The van der Waals surface area contributed by atoms with Crippen LogP contribution in [0.25, 0.3) is 0 Å². The average Bonchev–Trinajstić information content (AvgIpc) is 3.09. The molecule has 0 bridgehead atoms. The standard InChI is InChI=1S/C20H21N5O2/c1-14-7-19(26)25(13-21-14)12-20(27)24-10-15-5-3-4-6-17(15)18(11-24)16-8-22-23(2)9-16/h3-9,13,18H,10-12H2,1-2H3. The van der Waals surface area contributed by atoms with Crippen molar-refractivity contribution in [2.75, 3.05) is 6.54 Å². The number of benzene rings is 1. The van der Waals surface area contributed by atoms with E-state index in [-0.39, 0.29) is 23.9 Å². The third-order valence-corrected chi connectivity index (χ3v) is 5.00. The number of hydrogen-bond donors (Lipinski definition) is 0. The Kier molecular flexibility index (Phi) is 4.35. The second-order valence-corrected chi connectivity index (χ2v) is 6.97. The summed E-state index contributed by atoms with van der Waals surface area (Å²) in [7, 11) is 1.89. The molecule has 2 aromatic heterocycles. The van der Waals surface area contributed by atoms with Crippen molar-refractivity contribution in [1.29, 1.82) is 0 Å². The molecule has 1 aliphatic rings. The molecule has 1 atom stereocenters. The van der Waals surface area contributed by atoms with Crippen molar-refractivity contribution >= 4 is 5.91 Å². The van der Waals surface area contributed by atoms with Crippen LogP contribution in [0.3, 0.4) is 0 Å². The third-order valence-electron chi connectivity index (χ3n) is 5.00. The van der Waals surface area contributed by atoms with E-state index in [0.29, 0.717) is 18.8 Å². The lowest BCUT2D eigenvalue weighted by Gasteiger charge is -2.34. The van der Waals surface area contributed by atoms with Gasteiger partial charge in [0.2, 0.25) is 5.91 Å². The van der Waals surface area contributed by atoms with E-state index >= 15 is 0 Å². The van der Waals surface area contributed by atoms with Crippen molar-refractivity contribution < 1.29 is 4.79 Å². The van der Waals surface area contributed by atoms with Crippen LogP contribution in [-0.4, -0.2) is 36.7 Å². The van der Waals surface area contributed by atoms with E-state index in [1.54, 1.807) is 11.6 Å². The van der Waals surface area contributed by atoms with Crippen LogP contribution >= 0.6 is 0 Å². The highest BCUT2D eigenvalue weighted by molar-refractivity contribution is 5.76. The van der Waals surface area contributed by atoms with Gasteiger partial charge in [-0.25, -0.2) is 4.98 Å². The quantitative estimate of drug-likeness (QED) is 0.706. The van der Waals surface area contributed by atoms with Gasteiger partial charge >= 0.3 is 0 Å². The fourth-order valence-corrected chi connectivity index (χ4v) is 3.58. The monoisotopic (exact) mass is 363 g/mol. The van der Waals surface area contributed by atoms with E-state index in [9.17, 15) is 9.59 Å². The van der Waals surface area contributed by atoms with E-state index in [1.807, 2.05) is 36.5 Å². The molecule has 7 nitrogen and oxygen atoms in total. The molecule has 4 rings (SSSR count). The van der Waals surface area contributed by atoms with Gasteiger partial charge in [-0.3, -0.25) is 18.8 Å². The predicted octanol–water partition coefficient (Wildman–Crippen LogP) is 1.46. The first-order valence-electron chi connectivity index (χ1n) is 8.88. The van der Waals surface area contributed by atoms with Gasteiger partial charge in [0.05, 0.1) is 12.5 Å². The van der Waals surface area contributed by atoms with Crippen LogP contribution in [0.4, 0.5) is 0 Å². The number of carbonyl (C=O) groups excluding carboxylic acids is 1. The molecule has 3 aromatic rings. The highest BCUT2D eigenvalue weighted by atomic mass is 16.2. The molecule has 0 radical (unpaired) electrons. The summed E-state index contributed by atoms with van der Waals surface area (Å²) in [5.41, 5.74) is 3.87. The fraction of sp³-hybridized carbons (Fsp3) is 0.300. The van der Waals surface area contributed by atoms with Gasteiger partial charge in [-0.2, -0.15) is 5.10 Å². The molecule has 7 heteroatoms. The van der Waals surface area contributed by atoms with Crippen LogP contribution in [0.1, 0.15) is 28.3 Å². The number of aromatic nitrogens is 4. The van der Waals surface area contributed by atoms with Crippen LogP contribution in [0, 0.1) is 6.92 Å². The Morgan fingerprint density at radius 3 is 2.85 bits per heavy atom. The van der Waals surface area contributed by atoms with Crippen molar-refractivity contribution in [3.8, 4) is 0 Å². The molecule has 0 spiro atoms. The molecular formula is C20H21N5O2. The van der Waals surface area contributed by atoms with Crippen molar-refractivity contribution in [3.05, 3.63) is 81.8 Å². The Hall–Kier alpha value is -3.22. The lowest BCUT2D eigenvalue weighted by atomic mass is 9.86. The molecule has 0 N–H and O–H groups in total. The van der Waals surface area contributed by atoms with Gasteiger partial charge in [0.1, 0.15) is 6.54 Å². The summed E-state index contributed by atoms with van der Waals surface area (Å²) >= 11 is 0. The van der Waals surface area contributed by atoms with Gasteiger partial charge in [0, 0.05) is 44.0 Å². The summed E-state index contributed by atoms with van der Waals surface area (Å²) in [6, 6.07) is 9.62. The molecule has 1 aliphatic heterocycles. The molecule has 27 heavy (non-hydrogen) atoms. The molecule has 0 saturated carbocycles. The maximum Gasteiger partial charge on any atom is 0.253 e.